The molecule has 1 atom stereocenters. The van der Waals surface area contributed by atoms with E-state index in [1.807, 2.05) is 11.8 Å². The molecule has 1 fully saturated rings. The average molecular weight is 264 g/mol. The van der Waals surface area contributed by atoms with Crippen LogP contribution in [0.25, 0.3) is 0 Å². The van der Waals surface area contributed by atoms with Crippen molar-refractivity contribution in [1.82, 2.24) is 4.90 Å². The monoisotopic (exact) mass is 264 g/mol. The minimum Gasteiger partial charge on any atom is -0.329 e. The molecule has 1 saturated carbocycles. The molecule has 2 N–H and O–H groups in total. The maximum Gasteiger partial charge on any atom is 0.0467 e. The number of rotatable bonds is 7. The largest absolute Gasteiger partial charge is 0.329 e. The minimum absolute atomic E-state index is 0.357. The van der Waals surface area contributed by atoms with Gasteiger partial charge in [0.1, 0.15) is 0 Å². The van der Waals surface area contributed by atoms with Crippen LogP contribution in [0.4, 0.5) is 0 Å². The first-order valence-electron chi connectivity index (χ1n) is 6.75. The minimum atomic E-state index is 0.357. The first kappa shape index (κ1) is 13.9. The summed E-state index contributed by atoms with van der Waals surface area (Å²) in [5, 5.41) is 0. The molecule has 18 heavy (non-hydrogen) atoms. The number of benzene rings is 1. The zero-order chi connectivity index (χ0) is 13.0. The van der Waals surface area contributed by atoms with Gasteiger partial charge in [0.25, 0.3) is 0 Å². The van der Waals surface area contributed by atoms with Gasteiger partial charge in [0.05, 0.1) is 0 Å². The van der Waals surface area contributed by atoms with Crippen LogP contribution in [0.1, 0.15) is 35.9 Å². The first-order valence-corrected chi connectivity index (χ1v) is 8.14. The molecule has 2 nitrogen and oxygen atoms in total. The first-order chi connectivity index (χ1) is 8.76. The van der Waals surface area contributed by atoms with Crippen molar-refractivity contribution in [3.8, 4) is 0 Å². The standard InChI is InChI=1S/C15H24N2S/c1-17(8-9-18-2)15(11-16)14-5-3-4-13(10-14)12-6-7-12/h3-5,10,12,15H,6-9,11,16H2,1-2H3. The molecule has 0 spiro atoms. The number of nitrogens with two attached hydrogens (primary N) is 1. The van der Waals surface area contributed by atoms with Crippen molar-refractivity contribution in [3.05, 3.63) is 35.4 Å². The van der Waals surface area contributed by atoms with Crippen molar-refractivity contribution in [2.75, 3.05) is 32.1 Å². The third-order valence-electron chi connectivity index (χ3n) is 3.75. The molecule has 3 heteroatoms. The van der Waals surface area contributed by atoms with Crippen LogP contribution in [0.5, 0.6) is 0 Å². The lowest BCUT2D eigenvalue weighted by atomic mass is 10.0. The number of nitrogens with zero attached hydrogens (tertiary/aromatic N) is 1. The molecule has 0 radical (unpaired) electrons. The molecule has 1 aromatic rings. The lowest BCUT2D eigenvalue weighted by Gasteiger charge is -2.27. The van der Waals surface area contributed by atoms with Crippen molar-refractivity contribution in [3.63, 3.8) is 0 Å². The Labute approximate surface area is 115 Å². The zero-order valence-corrected chi connectivity index (χ0v) is 12.2. The summed E-state index contributed by atoms with van der Waals surface area (Å²) >= 11 is 1.89. The van der Waals surface area contributed by atoms with Gasteiger partial charge in [0.2, 0.25) is 0 Å². The highest BCUT2D eigenvalue weighted by molar-refractivity contribution is 7.98. The Balaban J connectivity index is 2.08. The van der Waals surface area contributed by atoms with Gasteiger partial charge in [-0.1, -0.05) is 24.3 Å². The van der Waals surface area contributed by atoms with E-state index in [2.05, 4.69) is 42.5 Å². The molecule has 0 aromatic heterocycles. The van der Waals surface area contributed by atoms with Gasteiger partial charge >= 0.3 is 0 Å². The van der Waals surface area contributed by atoms with E-state index in [0.29, 0.717) is 12.6 Å². The second kappa shape index (κ2) is 6.60. The maximum atomic E-state index is 5.97. The van der Waals surface area contributed by atoms with Gasteiger partial charge in [0.15, 0.2) is 0 Å². The Morgan fingerprint density at radius 2 is 2.22 bits per heavy atom. The van der Waals surface area contributed by atoms with Gasteiger partial charge in [-0.25, -0.2) is 0 Å². The highest BCUT2D eigenvalue weighted by Gasteiger charge is 2.24. The summed E-state index contributed by atoms with van der Waals surface area (Å²) in [6, 6.07) is 9.39. The normalized spacial score (nSPS) is 17.1. The van der Waals surface area contributed by atoms with Crippen LogP contribution in [-0.2, 0) is 0 Å². The molecule has 1 unspecified atom stereocenters. The van der Waals surface area contributed by atoms with Gasteiger partial charge in [-0.3, -0.25) is 4.90 Å². The van der Waals surface area contributed by atoms with Crippen molar-refractivity contribution in [1.29, 1.82) is 0 Å². The van der Waals surface area contributed by atoms with Crippen LogP contribution in [0.15, 0.2) is 24.3 Å². The van der Waals surface area contributed by atoms with Crippen LogP contribution in [-0.4, -0.2) is 37.0 Å². The molecule has 0 saturated heterocycles. The fraction of sp³-hybridized carbons (Fsp3) is 0.600. The van der Waals surface area contributed by atoms with E-state index in [1.165, 1.54) is 24.0 Å². The average Bonchev–Trinajstić information content (AvgIpc) is 3.22. The van der Waals surface area contributed by atoms with E-state index in [1.54, 1.807) is 0 Å². The van der Waals surface area contributed by atoms with E-state index in [-0.39, 0.29) is 0 Å². The highest BCUT2D eigenvalue weighted by Crippen LogP contribution is 2.40. The quantitative estimate of drug-likeness (QED) is 0.821. The molecule has 1 aliphatic carbocycles. The van der Waals surface area contributed by atoms with Crippen LogP contribution in [0.3, 0.4) is 0 Å². The third kappa shape index (κ3) is 3.50. The van der Waals surface area contributed by atoms with Gasteiger partial charge in [-0.15, -0.1) is 0 Å². The van der Waals surface area contributed by atoms with E-state index in [0.717, 1.165) is 18.2 Å². The molecule has 2 rings (SSSR count). The molecule has 0 bridgehead atoms. The molecule has 100 valence electrons. The lowest BCUT2D eigenvalue weighted by molar-refractivity contribution is 0.265. The van der Waals surface area contributed by atoms with Crippen molar-refractivity contribution < 1.29 is 0 Å². The Morgan fingerprint density at radius 1 is 1.44 bits per heavy atom. The summed E-state index contributed by atoms with van der Waals surface area (Å²) in [5.41, 5.74) is 8.85. The van der Waals surface area contributed by atoms with Crippen molar-refractivity contribution in [2.24, 2.45) is 5.73 Å². The second-order valence-electron chi connectivity index (χ2n) is 5.17. The summed E-state index contributed by atoms with van der Waals surface area (Å²) in [5.74, 6) is 1.98. The molecular formula is C15H24N2S. The predicted molar refractivity (Wildman–Crippen MR) is 81.2 cm³/mol. The van der Waals surface area contributed by atoms with Gasteiger partial charge in [-0.2, -0.15) is 11.8 Å². The molecule has 1 aromatic carbocycles. The van der Waals surface area contributed by atoms with E-state index in [9.17, 15) is 0 Å². The number of hydrogen-bond donors (Lipinski definition) is 1. The smallest absolute Gasteiger partial charge is 0.0467 e. The van der Waals surface area contributed by atoms with Crippen molar-refractivity contribution in [2.45, 2.75) is 24.8 Å². The van der Waals surface area contributed by atoms with Gasteiger partial charge in [0, 0.05) is 24.9 Å². The van der Waals surface area contributed by atoms with E-state index < -0.39 is 0 Å². The molecular weight excluding hydrogens is 240 g/mol. The third-order valence-corrected chi connectivity index (χ3v) is 4.34. The summed E-state index contributed by atoms with van der Waals surface area (Å²) in [4.78, 5) is 2.38. The van der Waals surface area contributed by atoms with Gasteiger partial charge in [-0.05, 0) is 43.2 Å². The zero-order valence-electron chi connectivity index (χ0n) is 11.4. The van der Waals surface area contributed by atoms with E-state index >= 15 is 0 Å². The predicted octanol–water partition coefficient (Wildman–Crippen LogP) is 2.86. The maximum absolute atomic E-state index is 5.97. The summed E-state index contributed by atoms with van der Waals surface area (Å²) in [7, 11) is 2.18. The summed E-state index contributed by atoms with van der Waals surface area (Å²) < 4.78 is 0. The van der Waals surface area contributed by atoms with Crippen LogP contribution < -0.4 is 5.73 Å². The van der Waals surface area contributed by atoms with Crippen LogP contribution in [0, 0.1) is 0 Å². The van der Waals surface area contributed by atoms with Crippen LogP contribution >= 0.6 is 11.8 Å². The summed E-state index contributed by atoms with van der Waals surface area (Å²) in [6.45, 7) is 1.79. The Kier molecular flexibility index (Phi) is 5.10. The highest BCUT2D eigenvalue weighted by atomic mass is 32.2. The van der Waals surface area contributed by atoms with E-state index in [4.69, 9.17) is 5.73 Å². The summed E-state index contributed by atoms with van der Waals surface area (Å²) in [6.07, 6.45) is 4.87. The Hall–Kier alpha value is -0.510. The fourth-order valence-corrected chi connectivity index (χ4v) is 2.87. The molecule has 0 amide bonds. The molecule has 0 aliphatic heterocycles. The number of thioether (sulfide) groups is 1. The van der Waals surface area contributed by atoms with Crippen molar-refractivity contribution >= 4 is 11.8 Å². The Bertz CT molecular complexity index is 377. The second-order valence-corrected chi connectivity index (χ2v) is 6.15. The topological polar surface area (TPSA) is 29.3 Å². The fourth-order valence-electron chi connectivity index (χ4n) is 2.40. The van der Waals surface area contributed by atoms with Gasteiger partial charge < -0.3 is 5.73 Å². The SMILES string of the molecule is CSCCN(C)C(CN)c1cccc(C2CC2)c1. The molecule has 1 aliphatic rings. The lowest BCUT2D eigenvalue weighted by Crippen LogP contribution is -2.32. The number of hydrogen-bond acceptors (Lipinski definition) is 3. The molecule has 0 heterocycles. The Morgan fingerprint density at radius 3 is 2.83 bits per heavy atom. The van der Waals surface area contributed by atoms with Crippen LogP contribution in [0.2, 0.25) is 0 Å². The number of likely N-dealkylation sites (N-methyl/N-ethyl adjacent to an activating group) is 1.